The summed E-state index contributed by atoms with van der Waals surface area (Å²) in [7, 11) is 0. The third-order valence-corrected chi connectivity index (χ3v) is 5.55. The monoisotopic (exact) mass is 339 g/mol. The first-order valence-corrected chi connectivity index (χ1v) is 9.39. The number of primary amides is 1. The van der Waals surface area contributed by atoms with Gasteiger partial charge in [0.15, 0.2) is 0 Å². The highest BCUT2D eigenvalue weighted by Crippen LogP contribution is 2.28. The first kappa shape index (κ1) is 18.9. The zero-order valence-electron chi connectivity index (χ0n) is 15.4. The number of ether oxygens (including phenoxy) is 1. The molecule has 2 aliphatic rings. The molecule has 3 amide bonds. The van der Waals surface area contributed by atoms with Crippen LogP contribution in [0.25, 0.3) is 0 Å². The van der Waals surface area contributed by atoms with E-state index in [1.807, 2.05) is 25.7 Å². The minimum absolute atomic E-state index is 0.147. The van der Waals surface area contributed by atoms with Crippen molar-refractivity contribution in [2.45, 2.75) is 89.8 Å². The number of amides is 3. The zero-order chi connectivity index (χ0) is 17.7. The van der Waals surface area contributed by atoms with Gasteiger partial charge in [0.2, 0.25) is 0 Å². The van der Waals surface area contributed by atoms with Gasteiger partial charge < -0.3 is 20.3 Å². The van der Waals surface area contributed by atoms with Crippen LogP contribution in [-0.4, -0.2) is 52.7 Å². The molecular formula is C18H33N3O3. The maximum Gasteiger partial charge on any atom is 0.410 e. The molecule has 1 aliphatic heterocycles. The Balaban J connectivity index is 1.90. The van der Waals surface area contributed by atoms with E-state index >= 15 is 0 Å². The van der Waals surface area contributed by atoms with E-state index in [9.17, 15) is 9.59 Å². The molecule has 6 heteroatoms. The second-order valence-corrected chi connectivity index (χ2v) is 7.74. The van der Waals surface area contributed by atoms with Gasteiger partial charge in [-0.05, 0) is 46.0 Å². The maximum absolute atomic E-state index is 12.3. The van der Waals surface area contributed by atoms with Crippen LogP contribution in [0.15, 0.2) is 0 Å². The second-order valence-electron chi connectivity index (χ2n) is 7.74. The fourth-order valence-corrected chi connectivity index (χ4v) is 3.72. The van der Waals surface area contributed by atoms with Crippen LogP contribution in [0.5, 0.6) is 0 Å². The van der Waals surface area contributed by atoms with Crippen LogP contribution in [0, 0.1) is 0 Å². The summed E-state index contributed by atoms with van der Waals surface area (Å²) >= 11 is 0. The molecule has 0 spiro atoms. The number of nitrogens with zero attached hydrogens (tertiary/aromatic N) is 2. The van der Waals surface area contributed by atoms with Crippen molar-refractivity contribution in [1.29, 1.82) is 0 Å². The highest BCUT2D eigenvalue weighted by Gasteiger charge is 2.34. The minimum Gasteiger partial charge on any atom is -0.443 e. The quantitative estimate of drug-likeness (QED) is 0.852. The van der Waals surface area contributed by atoms with E-state index in [1.165, 1.54) is 19.3 Å². The number of carbonyl (C=O) groups excluding carboxylic acids is 2. The van der Waals surface area contributed by atoms with Gasteiger partial charge in [-0.1, -0.05) is 26.2 Å². The number of nitrogens with two attached hydrogens (primary N) is 1. The van der Waals surface area contributed by atoms with Gasteiger partial charge in [-0.3, -0.25) is 0 Å². The van der Waals surface area contributed by atoms with E-state index in [0.29, 0.717) is 13.1 Å². The Labute approximate surface area is 145 Å². The summed E-state index contributed by atoms with van der Waals surface area (Å²) in [6.07, 6.45) is 7.79. The molecule has 138 valence electrons. The van der Waals surface area contributed by atoms with Crippen molar-refractivity contribution in [3.05, 3.63) is 0 Å². The van der Waals surface area contributed by atoms with Crippen molar-refractivity contribution in [1.82, 2.24) is 9.80 Å². The first-order valence-electron chi connectivity index (χ1n) is 9.39. The molecule has 0 aromatic rings. The summed E-state index contributed by atoms with van der Waals surface area (Å²) in [6, 6.07) is 0.114. The Morgan fingerprint density at radius 3 is 2.12 bits per heavy atom. The summed E-state index contributed by atoms with van der Waals surface area (Å²) < 4.78 is 5.57. The lowest BCUT2D eigenvalue weighted by atomic mass is 9.91. The molecule has 2 N–H and O–H groups in total. The Morgan fingerprint density at radius 1 is 1.08 bits per heavy atom. The smallest absolute Gasteiger partial charge is 0.410 e. The molecule has 1 saturated heterocycles. The maximum atomic E-state index is 12.3. The van der Waals surface area contributed by atoms with E-state index in [-0.39, 0.29) is 24.2 Å². The van der Waals surface area contributed by atoms with Gasteiger partial charge in [-0.25, -0.2) is 9.59 Å². The van der Waals surface area contributed by atoms with Gasteiger partial charge in [0.25, 0.3) is 0 Å². The van der Waals surface area contributed by atoms with Gasteiger partial charge in [0.1, 0.15) is 5.60 Å². The van der Waals surface area contributed by atoms with Gasteiger partial charge in [-0.15, -0.1) is 0 Å². The minimum atomic E-state index is -0.435. The van der Waals surface area contributed by atoms with Crippen LogP contribution in [-0.2, 0) is 4.74 Å². The Bertz CT molecular complexity index is 439. The van der Waals surface area contributed by atoms with Crippen LogP contribution >= 0.6 is 0 Å². The fraction of sp³-hybridized carbons (Fsp3) is 0.889. The third-order valence-electron chi connectivity index (χ3n) is 5.55. The number of likely N-dealkylation sites (tertiary alicyclic amines) is 1. The lowest BCUT2D eigenvalue weighted by molar-refractivity contribution is 0.00245. The molecule has 1 saturated carbocycles. The van der Waals surface area contributed by atoms with Gasteiger partial charge >= 0.3 is 12.1 Å². The standard InChI is InChI=1S/C18H33N3O3/c1-4-18(2,3)24-17(23)20-12-10-15(11-13-20)21(16(19)22)14-8-6-5-7-9-14/h14-15H,4-13H2,1-3H3,(H2,19,22). The molecule has 0 aromatic carbocycles. The topological polar surface area (TPSA) is 75.9 Å². The first-order chi connectivity index (χ1) is 11.3. The molecule has 2 fully saturated rings. The summed E-state index contributed by atoms with van der Waals surface area (Å²) in [5.41, 5.74) is 5.24. The second kappa shape index (κ2) is 8.08. The normalized spacial score (nSPS) is 20.7. The van der Waals surface area contributed by atoms with Gasteiger partial charge in [-0.2, -0.15) is 0 Å². The van der Waals surface area contributed by atoms with E-state index in [1.54, 1.807) is 4.90 Å². The predicted molar refractivity (Wildman–Crippen MR) is 93.7 cm³/mol. The SMILES string of the molecule is CCC(C)(C)OC(=O)N1CCC(N(C(N)=O)C2CCCCC2)CC1. The van der Waals surface area contributed by atoms with Crippen molar-refractivity contribution >= 4 is 12.1 Å². The highest BCUT2D eigenvalue weighted by molar-refractivity contribution is 5.73. The number of rotatable bonds is 4. The summed E-state index contributed by atoms with van der Waals surface area (Å²) in [6.45, 7) is 7.11. The largest absolute Gasteiger partial charge is 0.443 e. The molecule has 0 bridgehead atoms. The number of urea groups is 1. The molecule has 0 radical (unpaired) electrons. The molecule has 2 rings (SSSR count). The Morgan fingerprint density at radius 2 is 1.62 bits per heavy atom. The van der Waals surface area contributed by atoms with Crippen molar-refractivity contribution in [3.63, 3.8) is 0 Å². The molecule has 1 aliphatic carbocycles. The van der Waals surface area contributed by atoms with Crippen molar-refractivity contribution in [2.75, 3.05) is 13.1 Å². The molecular weight excluding hydrogens is 306 g/mol. The van der Waals surface area contributed by atoms with Crippen LogP contribution in [0.2, 0.25) is 0 Å². The van der Waals surface area contributed by atoms with Crippen molar-refractivity contribution in [2.24, 2.45) is 5.73 Å². The molecule has 0 atom stereocenters. The summed E-state index contributed by atoms with van der Waals surface area (Å²) in [5.74, 6) is 0. The van der Waals surface area contributed by atoms with E-state index in [0.717, 1.165) is 32.1 Å². The van der Waals surface area contributed by atoms with Crippen molar-refractivity contribution in [3.8, 4) is 0 Å². The average Bonchev–Trinajstić information content (AvgIpc) is 2.56. The van der Waals surface area contributed by atoms with Crippen LogP contribution < -0.4 is 5.73 Å². The van der Waals surface area contributed by atoms with E-state index in [2.05, 4.69) is 0 Å². The molecule has 0 aromatic heterocycles. The summed E-state index contributed by atoms with van der Waals surface area (Å²) in [4.78, 5) is 27.9. The number of hydrogen-bond donors (Lipinski definition) is 1. The number of piperidine rings is 1. The van der Waals surface area contributed by atoms with E-state index < -0.39 is 5.60 Å². The average molecular weight is 339 g/mol. The van der Waals surface area contributed by atoms with Crippen LogP contribution in [0.1, 0.15) is 72.1 Å². The lowest BCUT2D eigenvalue weighted by Gasteiger charge is -2.43. The number of hydrogen-bond acceptors (Lipinski definition) is 3. The Hall–Kier alpha value is -1.46. The molecule has 6 nitrogen and oxygen atoms in total. The highest BCUT2D eigenvalue weighted by atomic mass is 16.6. The fourth-order valence-electron chi connectivity index (χ4n) is 3.72. The van der Waals surface area contributed by atoms with E-state index in [4.69, 9.17) is 10.5 Å². The van der Waals surface area contributed by atoms with Gasteiger partial charge in [0.05, 0.1) is 0 Å². The Kier molecular flexibility index (Phi) is 6.35. The third kappa shape index (κ3) is 4.77. The molecule has 24 heavy (non-hydrogen) atoms. The van der Waals surface area contributed by atoms with Crippen LogP contribution in [0.4, 0.5) is 9.59 Å². The number of carbonyl (C=O) groups is 2. The predicted octanol–water partition coefficient (Wildman–Crippen LogP) is 3.49. The zero-order valence-corrected chi connectivity index (χ0v) is 15.4. The van der Waals surface area contributed by atoms with Crippen LogP contribution in [0.3, 0.4) is 0 Å². The molecule has 0 unspecified atom stereocenters. The van der Waals surface area contributed by atoms with Crippen molar-refractivity contribution < 1.29 is 14.3 Å². The summed E-state index contributed by atoms with van der Waals surface area (Å²) in [5, 5.41) is 0. The van der Waals surface area contributed by atoms with Gasteiger partial charge in [0, 0.05) is 25.2 Å². The lowest BCUT2D eigenvalue weighted by Crippen LogP contribution is -2.55. The molecule has 1 heterocycles.